The number of hydrogen-bond acceptors (Lipinski definition) is 22. The van der Waals surface area contributed by atoms with E-state index in [4.69, 9.17) is 39.4 Å². The molecule has 8 heterocycles. The number of carbonyl (C=O) groups excluding carboxylic acids is 6. The highest BCUT2D eigenvalue weighted by Crippen LogP contribution is 2.41. The summed E-state index contributed by atoms with van der Waals surface area (Å²) in [5, 5.41) is 35.1. The fourth-order valence-electron chi connectivity index (χ4n) is 8.30. The zero-order valence-electron chi connectivity index (χ0n) is 44.4. The lowest BCUT2D eigenvalue weighted by Crippen LogP contribution is -2.40. The third kappa shape index (κ3) is 13.4. The molecule has 27 heteroatoms. The Hall–Kier alpha value is -7.11. The maximum absolute atomic E-state index is 14.3. The number of hydrogen-bond donors (Lipinski definition) is 6. The van der Waals surface area contributed by atoms with Crippen LogP contribution in [-0.2, 0) is 25.7 Å². The van der Waals surface area contributed by atoms with Crippen LogP contribution in [0.25, 0.3) is 43.4 Å². The van der Waals surface area contributed by atoms with Gasteiger partial charge in [-0.2, -0.15) is 0 Å². The first-order valence-electron chi connectivity index (χ1n) is 24.9. The highest BCUT2D eigenvalue weighted by Gasteiger charge is 2.33. The summed E-state index contributed by atoms with van der Waals surface area (Å²) in [4.78, 5) is 117. The van der Waals surface area contributed by atoms with E-state index in [2.05, 4.69) is 31.6 Å². The van der Waals surface area contributed by atoms with Gasteiger partial charge in [-0.05, 0) is 51.3 Å². The Balaban J connectivity index is 1.13. The van der Waals surface area contributed by atoms with Crippen molar-refractivity contribution in [2.24, 2.45) is 5.92 Å². The van der Waals surface area contributed by atoms with Crippen molar-refractivity contribution in [2.75, 3.05) is 26.0 Å². The molecule has 0 unspecified atom stereocenters. The summed E-state index contributed by atoms with van der Waals surface area (Å²) in [5.41, 5.74) is 2.26. The van der Waals surface area contributed by atoms with E-state index in [-0.39, 0.29) is 60.0 Å². The van der Waals surface area contributed by atoms with Gasteiger partial charge in [0.15, 0.2) is 5.78 Å². The molecule has 416 valence electrons. The quantitative estimate of drug-likeness (QED) is 0.0784. The molecule has 0 aliphatic carbocycles. The van der Waals surface area contributed by atoms with Crippen LogP contribution >= 0.6 is 68.0 Å². The zero-order chi connectivity index (χ0) is 57.0. The van der Waals surface area contributed by atoms with Crippen LogP contribution < -0.4 is 26.6 Å². The van der Waals surface area contributed by atoms with Crippen molar-refractivity contribution >= 4 is 109 Å². The van der Waals surface area contributed by atoms with Gasteiger partial charge in [-0.3, -0.25) is 29.3 Å². The minimum atomic E-state index is -1.26. The Bertz CT molecular complexity index is 3600. The number of nitrogens with one attached hydrogen (secondary N) is 5. The largest absolute Gasteiger partial charge is 0.444 e. The predicted molar refractivity (Wildman–Crippen MR) is 308 cm³/mol. The molecule has 4 atom stereocenters. The number of rotatable bonds is 9. The van der Waals surface area contributed by atoms with Crippen LogP contribution in [0, 0.1) is 12.8 Å². The second kappa shape index (κ2) is 24.7. The molecule has 1 aromatic carbocycles. The lowest BCUT2D eigenvalue weighted by Gasteiger charge is -2.23. The van der Waals surface area contributed by atoms with Gasteiger partial charge in [0.1, 0.15) is 82.8 Å². The zero-order valence-corrected chi connectivity index (χ0v) is 49.3. The van der Waals surface area contributed by atoms with Crippen LogP contribution in [-0.4, -0.2) is 102 Å². The molecule has 6 N–H and O–H groups in total. The molecule has 1 aliphatic heterocycles. The van der Waals surface area contributed by atoms with Gasteiger partial charge in [0.05, 0.1) is 41.2 Å². The minimum absolute atomic E-state index is 0.0289. The van der Waals surface area contributed by atoms with Gasteiger partial charge in [0, 0.05) is 58.5 Å². The van der Waals surface area contributed by atoms with Crippen molar-refractivity contribution in [3.63, 3.8) is 0 Å². The molecule has 0 saturated heterocycles. The summed E-state index contributed by atoms with van der Waals surface area (Å²) in [6.07, 6.45) is -2.15. The van der Waals surface area contributed by atoms with Crippen LogP contribution in [0.3, 0.4) is 0 Å². The molecule has 9 rings (SSSR count). The number of nitrogens with zero attached hydrogens (tertiary/aromatic N) is 7. The molecule has 10 bridgehead atoms. The number of benzene rings is 1. The van der Waals surface area contributed by atoms with Crippen LogP contribution in [0.1, 0.15) is 133 Å². The Morgan fingerprint density at radius 2 is 1.45 bits per heavy atom. The molecule has 1 aliphatic rings. The smallest absolute Gasteiger partial charge is 0.413 e. The highest BCUT2D eigenvalue weighted by atomic mass is 32.1. The van der Waals surface area contributed by atoms with Crippen molar-refractivity contribution in [3.8, 4) is 43.4 Å². The summed E-state index contributed by atoms with van der Waals surface area (Å²) in [6, 6.07) is 10.3. The Kier molecular flexibility index (Phi) is 17.8. The van der Waals surface area contributed by atoms with E-state index >= 15 is 0 Å². The number of Topliss-reactive ketones (excluding diaryl/α,β-unsaturated/α-hetero) is 1. The van der Waals surface area contributed by atoms with E-state index < -0.39 is 60.1 Å². The first kappa shape index (κ1) is 57.6. The molecular formula is C53H54N12O9S6. The Labute approximate surface area is 483 Å². The lowest BCUT2D eigenvalue weighted by molar-refractivity contribution is -0.122. The third-order valence-corrected chi connectivity index (χ3v) is 18.0. The average Bonchev–Trinajstić information content (AvgIpc) is 4.34. The van der Waals surface area contributed by atoms with E-state index in [9.17, 15) is 33.9 Å². The summed E-state index contributed by atoms with van der Waals surface area (Å²) in [6.45, 7) is 10.5. The van der Waals surface area contributed by atoms with E-state index in [0.29, 0.717) is 73.7 Å². The molecule has 0 fully saturated rings. The number of thiazole rings is 6. The molecule has 7 aromatic heterocycles. The fraction of sp³-hybridized carbons (Fsp3) is 0.340. The number of aliphatic hydroxyl groups excluding tert-OH is 1. The normalized spacial score (nSPS) is 16.8. The van der Waals surface area contributed by atoms with Crippen molar-refractivity contribution < 1.29 is 43.3 Å². The molecule has 0 radical (unpaired) electrons. The maximum atomic E-state index is 14.3. The first-order chi connectivity index (χ1) is 38.2. The number of aliphatic hydroxyl groups is 1. The number of pyridine rings is 1. The second-order valence-electron chi connectivity index (χ2n) is 19.6. The van der Waals surface area contributed by atoms with Gasteiger partial charge in [-0.1, -0.05) is 44.2 Å². The molecule has 21 nitrogen and oxygen atoms in total. The number of ketones is 1. The van der Waals surface area contributed by atoms with Crippen molar-refractivity contribution in [1.82, 2.24) is 56.2 Å². The number of fused-ring (bicyclic) bond motifs is 14. The fourth-order valence-corrected chi connectivity index (χ4v) is 13.9. The van der Waals surface area contributed by atoms with E-state index in [1.54, 1.807) is 85.6 Å². The van der Waals surface area contributed by atoms with Gasteiger partial charge in [0.2, 0.25) is 11.8 Å². The van der Waals surface area contributed by atoms with Gasteiger partial charge >= 0.3 is 6.09 Å². The number of aromatic nitrogens is 7. The topological polar surface area (TPSA) is 291 Å². The minimum Gasteiger partial charge on any atom is -0.444 e. The summed E-state index contributed by atoms with van der Waals surface area (Å²) >= 11 is 7.34. The van der Waals surface area contributed by atoms with E-state index in [1.807, 2.05) is 19.9 Å². The standard InChI is InChI=1S/C53H54N12O9S6/c1-24(2)28-16-34(66)39-25(3)79-50(64-39)30(17-37(67)54-7)57-44(70)32-21-75-46(59-32)27-14-15-29(48-61-36(23-78-48)62-52(72)74-53(4,5)6)56-40(27)31-20-76-49(58-31)33-22-77-51(60-33)42(43(69)26-12-10-9-11-13-26)63-38(68)18-55-45(71)41-35(19-73-8)80-47(28)65-41/h9-15,20-24,28,30,42-43,69H,16-19H2,1-8H3,(H,54,67)(H,55,71)(H,57,70)(H,62,72)(H,63,68)/t28-,30-,42-,43-/m0/s1. The molecule has 80 heavy (non-hydrogen) atoms. The summed E-state index contributed by atoms with van der Waals surface area (Å²) < 4.78 is 10.9. The van der Waals surface area contributed by atoms with Crippen LogP contribution in [0.15, 0.2) is 64.0 Å². The number of ether oxygens (including phenoxy) is 2. The SMILES string of the molecule is CNC(=O)C[C@@H]1NC(=O)c2csc(n2)-c2ccc(-c3nc(NC(=O)OC(C)(C)C)cs3)nc2-c2csc(n2)-c2csc(n2)[C@H]([C@@H](O)c2ccccc2)NC(=O)CNC(=O)c2nc(sc2COC)[C@H](C(C)C)CC(=O)c2nc1sc2C. The molecule has 0 saturated carbocycles. The Morgan fingerprint density at radius 1 is 0.750 bits per heavy atom. The number of carbonyl (C=O) groups is 6. The van der Waals surface area contributed by atoms with E-state index in [1.165, 1.54) is 82.2 Å². The number of aryl methyl sites for hydroxylation is 1. The van der Waals surface area contributed by atoms with Crippen LogP contribution in [0.4, 0.5) is 10.6 Å². The average molecular weight is 1200 g/mol. The van der Waals surface area contributed by atoms with Crippen LogP contribution in [0.5, 0.6) is 0 Å². The van der Waals surface area contributed by atoms with Gasteiger partial charge in [0.25, 0.3) is 11.8 Å². The van der Waals surface area contributed by atoms with E-state index in [0.717, 1.165) is 0 Å². The molecule has 5 amide bonds. The summed E-state index contributed by atoms with van der Waals surface area (Å²) in [5.74, 6) is -2.86. The van der Waals surface area contributed by atoms with Gasteiger partial charge in [-0.15, -0.1) is 68.0 Å². The first-order valence-corrected chi connectivity index (χ1v) is 30.1. The highest BCUT2D eigenvalue weighted by molar-refractivity contribution is 7.15. The molecule has 8 aromatic rings. The second-order valence-corrected chi connectivity index (χ2v) is 25.4. The van der Waals surface area contributed by atoms with Crippen molar-refractivity contribution in [2.45, 2.75) is 90.7 Å². The molecule has 0 spiro atoms. The van der Waals surface area contributed by atoms with Gasteiger partial charge in [-0.25, -0.2) is 39.7 Å². The number of methoxy groups -OCH3 is 1. The Morgan fingerprint density at radius 3 is 2.19 bits per heavy atom. The third-order valence-electron chi connectivity index (χ3n) is 12.2. The monoisotopic (exact) mass is 1190 g/mol. The number of amides is 5. The summed E-state index contributed by atoms with van der Waals surface area (Å²) in [7, 11) is 2.97. The molecular weight excluding hydrogens is 1140 g/mol. The predicted octanol–water partition coefficient (Wildman–Crippen LogP) is 9.54. The van der Waals surface area contributed by atoms with Crippen molar-refractivity contribution in [1.29, 1.82) is 0 Å². The maximum Gasteiger partial charge on any atom is 0.413 e. The number of anilines is 1. The van der Waals surface area contributed by atoms with Gasteiger partial charge < -0.3 is 35.8 Å². The van der Waals surface area contributed by atoms with Crippen molar-refractivity contribution in [3.05, 3.63) is 111 Å². The lowest BCUT2D eigenvalue weighted by atomic mass is 9.90. The van der Waals surface area contributed by atoms with Crippen LogP contribution in [0.2, 0.25) is 0 Å².